The predicted molar refractivity (Wildman–Crippen MR) is 77.6 cm³/mol. The van der Waals surface area contributed by atoms with E-state index in [0.717, 1.165) is 5.69 Å². The Balaban J connectivity index is 2.31. The molecule has 0 bridgehead atoms. The average molecular weight is 278 g/mol. The molecule has 0 aliphatic heterocycles. The predicted octanol–water partition coefficient (Wildman–Crippen LogP) is 4.23. The molecule has 2 nitrogen and oxygen atoms in total. The minimum absolute atomic E-state index is 0.0574. The summed E-state index contributed by atoms with van der Waals surface area (Å²) in [5.41, 5.74) is 0.854. The van der Waals surface area contributed by atoms with Crippen molar-refractivity contribution in [3.8, 4) is 0 Å². The van der Waals surface area contributed by atoms with E-state index in [1.165, 1.54) is 11.3 Å². The van der Waals surface area contributed by atoms with Crippen LogP contribution in [0.15, 0.2) is 55.1 Å². The van der Waals surface area contributed by atoms with Crippen molar-refractivity contribution in [3.63, 3.8) is 0 Å². The molecule has 2 rings (SSSR count). The van der Waals surface area contributed by atoms with Gasteiger partial charge >= 0.3 is 0 Å². The van der Waals surface area contributed by atoms with Crippen molar-refractivity contribution in [1.29, 1.82) is 0 Å². The zero-order valence-electron chi connectivity index (χ0n) is 9.67. The van der Waals surface area contributed by atoms with Crippen LogP contribution in [0.3, 0.4) is 0 Å². The molecule has 4 heteroatoms. The highest BCUT2D eigenvalue weighted by Crippen LogP contribution is 2.25. The fourth-order valence-corrected chi connectivity index (χ4v) is 2.60. The molecular weight excluding hydrogens is 266 g/mol. The number of amides is 1. The molecule has 0 aliphatic rings. The molecule has 0 atom stereocenters. The van der Waals surface area contributed by atoms with Crippen molar-refractivity contribution >= 4 is 34.5 Å². The zero-order valence-corrected chi connectivity index (χ0v) is 11.2. The Morgan fingerprint density at radius 1 is 1.28 bits per heavy atom. The summed E-state index contributed by atoms with van der Waals surface area (Å²) in [7, 11) is 0. The van der Waals surface area contributed by atoms with Gasteiger partial charge in [0.15, 0.2) is 0 Å². The monoisotopic (exact) mass is 277 g/mol. The van der Waals surface area contributed by atoms with Crippen LogP contribution in [0.1, 0.15) is 9.67 Å². The highest BCUT2D eigenvalue weighted by Gasteiger charge is 2.17. The SMILES string of the molecule is C=CCN(C(=O)c1ccc(Cl)s1)c1ccccc1. The number of halogens is 1. The number of carbonyl (C=O) groups is 1. The molecule has 0 saturated heterocycles. The van der Waals surface area contributed by atoms with Crippen LogP contribution in [0, 0.1) is 0 Å². The van der Waals surface area contributed by atoms with Gasteiger partial charge in [-0.25, -0.2) is 0 Å². The second-order valence-electron chi connectivity index (χ2n) is 3.64. The van der Waals surface area contributed by atoms with E-state index >= 15 is 0 Å². The van der Waals surface area contributed by atoms with E-state index in [-0.39, 0.29) is 5.91 Å². The van der Waals surface area contributed by atoms with E-state index in [9.17, 15) is 4.79 Å². The summed E-state index contributed by atoms with van der Waals surface area (Å²) in [4.78, 5) is 14.7. The van der Waals surface area contributed by atoms with Gasteiger partial charge in [0, 0.05) is 12.2 Å². The molecule has 18 heavy (non-hydrogen) atoms. The summed E-state index contributed by atoms with van der Waals surface area (Å²) < 4.78 is 0.616. The highest BCUT2D eigenvalue weighted by atomic mass is 35.5. The van der Waals surface area contributed by atoms with Gasteiger partial charge in [0.05, 0.1) is 9.21 Å². The van der Waals surface area contributed by atoms with Crippen LogP contribution in [0.25, 0.3) is 0 Å². The normalized spacial score (nSPS) is 10.1. The molecule has 0 fully saturated rings. The third-order valence-corrected chi connectivity index (χ3v) is 3.63. The van der Waals surface area contributed by atoms with Gasteiger partial charge in [-0.1, -0.05) is 35.9 Å². The molecule has 2 aromatic rings. The van der Waals surface area contributed by atoms with Crippen LogP contribution in [0.4, 0.5) is 5.69 Å². The number of para-hydroxylation sites is 1. The van der Waals surface area contributed by atoms with Gasteiger partial charge in [0.1, 0.15) is 0 Å². The number of carbonyl (C=O) groups excluding carboxylic acids is 1. The van der Waals surface area contributed by atoms with E-state index in [1.54, 1.807) is 23.1 Å². The van der Waals surface area contributed by atoms with E-state index in [2.05, 4.69) is 6.58 Å². The molecule has 0 spiro atoms. The second kappa shape index (κ2) is 5.85. The third kappa shape index (κ3) is 2.81. The maximum atomic E-state index is 12.4. The lowest BCUT2D eigenvalue weighted by Crippen LogP contribution is -2.30. The molecule has 1 aromatic carbocycles. The first-order valence-electron chi connectivity index (χ1n) is 5.45. The minimum atomic E-state index is -0.0574. The minimum Gasteiger partial charge on any atom is -0.304 e. The van der Waals surface area contributed by atoms with Crippen LogP contribution in [0.5, 0.6) is 0 Å². The summed E-state index contributed by atoms with van der Waals surface area (Å²) in [5.74, 6) is -0.0574. The average Bonchev–Trinajstić information content (AvgIpc) is 2.83. The Hall–Kier alpha value is -1.58. The molecule has 0 saturated carbocycles. The summed E-state index contributed by atoms with van der Waals surface area (Å²) >= 11 is 7.14. The number of hydrogen-bond donors (Lipinski definition) is 0. The second-order valence-corrected chi connectivity index (χ2v) is 5.36. The highest BCUT2D eigenvalue weighted by molar-refractivity contribution is 7.18. The third-order valence-electron chi connectivity index (χ3n) is 2.41. The molecule has 0 unspecified atom stereocenters. The van der Waals surface area contributed by atoms with Crippen LogP contribution in [-0.2, 0) is 0 Å². The van der Waals surface area contributed by atoms with Crippen molar-refractivity contribution < 1.29 is 4.79 Å². The molecule has 0 aliphatic carbocycles. The van der Waals surface area contributed by atoms with Crippen molar-refractivity contribution in [3.05, 3.63) is 64.3 Å². The van der Waals surface area contributed by atoms with Crippen molar-refractivity contribution in [2.45, 2.75) is 0 Å². The number of nitrogens with zero attached hydrogens (tertiary/aromatic N) is 1. The molecular formula is C14H12ClNOS. The van der Waals surface area contributed by atoms with Crippen molar-refractivity contribution in [2.24, 2.45) is 0 Å². The van der Waals surface area contributed by atoms with Gasteiger partial charge in [-0.3, -0.25) is 4.79 Å². The summed E-state index contributed by atoms with van der Waals surface area (Å²) in [5, 5.41) is 0. The van der Waals surface area contributed by atoms with E-state index < -0.39 is 0 Å². The maximum Gasteiger partial charge on any atom is 0.268 e. The maximum absolute atomic E-state index is 12.4. The first-order valence-corrected chi connectivity index (χ1v) is 6.65. The number of hydrogen-bond acceptors (Lipinski definition) is 2. The Kier molecular flexibility index (Phi) is 4.18. The fraction of sp³-hybridized carbons (Fsp3) is 0.0714. The van der Waals surface area contributed by atoms with Gasteiger partial charge < -0.3 is 4.90 Å². The molecule has 0 N–H and O–H groups in total. The lowest BCUT2D eigenvalue weighted by atomic mass is 10.2. The Morgan fingerprint density at radius 3 is 2.56 bits per heavy atom. The van der Waals surface area contributed by atoms with E-state index in [1.807, 2.05) is 30.3 Å². The Bertz CT molecular complexity index is 550. The van der Waals surface area contributed by atoms with Crippen molar-refractivity contribution in [2.75, 3.05) is 11.4 Å². The van der Waals surface area contributed by atoms with E-state index in [0.29, 0.717) is 15.8 Å². The number of thiophene rings is 1. The van der Waals surface area contributed by atoms with Crippen LogP contribution in [-0.4, -0.2) is 12.5 Å². The smallest absolute Gasteiger partial charge is 0.268 e. The van der Waals surface area contributed by atoms with Gasteiger partial charge in [0.25, 0.3) is 5.91 Å². The summed E-state index contributed by atoms with van der Waals surface area (Å²) in [6.45, 7) is 4.16. The number of benzene rings is 1. The largest absolute Gasteiger partial charge is 0.304 e. The van der Waals surface area contributed by atoms with Crippen LogP contribution >= 0.6 is 22.9 Å². The Labute approximate surface area is 115 Å². The first-order chi connectivity index (χ1) is 8.72. The van der Waals surface area contributed by atoms with Crippen LogP contribution in [0.2, 0.25) is 4.34 Å². The summed E-state index contributed by atoms with van der Waals surface area (Å²) in [6.07, 6.45) is 1.71. The molecule has 1 amide bonds. The molecule has 0 radical (unpaired) electrons. The first kappa shape index (κ1) is 12.9. The summed E-state index contributed by atoms with van der Waals surface area (Å²) in [6, 6.07) is 13.0. The van der Waals surface area contributed by atoms with Gasteiger partial charge in [0.2, 0.25) is 0 Å². The molecule has 1 heterocycles. The number of rotatable bonds is 4. The molecule has 1 aromatic heterocycles. The fourth-order valence-electron chi connectivity index (χ4n) is 1.60. The van der Waals surface area contributed by atoms with Gasteiger partial charge in [-0.2, -0.15) is 0 Å². The van der Waals surface area contributed by atoms with Gasteiger partial charge in [-0.05, 0) is 24.3 Å². The topological polar surface area (TPSA) is 20.3 Å². The lowest BCUT2D eigenvalue weighted by molar-refractivity contribution is 0.0993. The van der Waals surface area contributed by atoms with Gasteiger partial charge in [-0.15, -0.1) is 17.9 Å². The zero-order chi connectivity index (χ0) is 13.0. The number of anilines is 1. The standard InChI is InChI=1S/C14H12ClNOS/c1-2-10-16(11-6-4-3-5-7-11)14(17)12-8-9-13(15)18-12/h2-9H,1,10H2. The molecule has 92 valence electrons. The Morgan fingerprint density at radius 2 is 2.00 bits per heavy atom. The lowest BCUT2D eigenvalue weighted by Gasteiger charge is -2.20. The van der Waals surface area contributed by atoms with E-state index in [4.69, 9.17) is 11.6 Å². The quantitative estimate of drug-likeness (QED) is 0.766. The van der Waals surface area contributed by atoms with Crippen molar-refractivity contribution in [1.82, 2.24) is 0 Å². The van der Waals surface area contributed by atoms with Crippen LogP contribution < -0.4 is 4.90 Å².